The fourth-order valence-electron chi connectivity index (χ4n) is 3.79. The van der Waals surface area contributed by atoms with Gasteiger partial charge >= 0.3 is 5.97 Å². The number of nitrogens with two attached hydrogens (primary N) is 1. The molecule has 1 aliphatic rings. The Kier molecular flexibility index (Phi) is 9.00. The summed E-state index contributed by atoms with van der Waals surface area (Å²) in [5, 5.41) is 12.5. The lowest BCUT2D eigenvalue weighted by atomic mass is 9.83. The van der Waals surface area contributed by atoms with Crippen molar-refractivity contribution in [3.8, 4) is 23.3 Å². The van der Waals surface area contributed by atoms with Crippen LogP contribution in [0, 0.1) is 11.3 Å². The van der Waals surface area contributed by atoms with Gasteiger partial charge in [0.25, 0.3) is 5.91 Å². The van der Waals surface area contributed by atoms with Crippen molar-refractivity contribution in [2.75, 3.05) is 32.2 Å². The zero-order valence-corrected chi connectivity index (χ0v) is 21.1. The third-order valence-corrected chi connectivity index (χ3v) is 5.43. The average Bonchev–Trinajstić information content (AvgIpc) is 2.88. The van der Waals surface area contributed by atoms with Crippen molar-refractivity contribution in [3.05, 3.63) is 70.8 Å². The number of benzene rings is 2. The molecule has 3 rings (SSSR count). The van der Waals surface area contributed by atoms with E-state index in [1.54, 1.807) is 70.3 Å². The molecule has 1 heterocycles. The fraction of sp³-hybridized carbons (Fsp3) is 0.296. The minimum atomic E-state index is -0.829. The van der Waals surface area contributed by atoms with E-state index in [1.165, 1.54) is 0 Å². The number of allylic oxidation sites excluding steroid dienone is 2. The minimum absolute atomic E-state index is 0.0728. The summed E-state index contributed by atoms with van der Waals surface area (Å²) in [5.41, 5.74) is 7.35. The Bertz CT molecular complexity index is 1260. The Morgan fingerprint density at radius 2 is 1.81 bits per heavy atom. The number of hydrogen-bond donors (Lipinski definition) is 2. The lowest BCUT2D eigenvalue weighted by Gasteiger charge is -2.27. The molecule has 1 unspecified atom stereocenters. The number of nitrogens with zero attached hydrogens (tertiary/aromatic N) is 1. The van der Waals surface area contributed by atoms with Crippen LogP contribution in [0.3, 0.4) is 0 Å². The van der Waals surface area contributed by atoms with E-state index in [0.717, 1.165) is 0 Å². The normalized spacial score (nSPS) is 14.8. The van der Waals surface area contributed by atoms with Gasteiger partial charge in [0.15, 0.2) is 18.1 Å². The van der Waals surface area contributed by atoms with Gasteiger partial charge in [0.2, 0.25) is 5.88 Å². The Hall–Kier alpha value is -4.65. The molecule has 1 atom stereocenters. The first kappa shape index (κ1) is 26.9. The molecule has 2 aromatic carbocycles. The van der Waals surface area contributed by atoms with Gasteiger partial charge in [0, 0.05) is 5.69 Å². The minimum Gasteiger partial charge on any atom is -0.497 e. The van der Waals surface area contributed by atoms with E-state index in [0.29, 0.717) is 35.1 Å². The summed E-state index contributed by atoms with van der Waals surface area (Å²) in [6.07, 6.45) is 0. The van der Waals surface area contributed by atoms with Crippen LogP contribution in [0.15, 0.2) is 65.3 Å². The van der Waals surface area contributed by atoms with E-state index in [4.69, 9.17) is 29.4 Å². The SMILES string of the molecule is CCOC(=O)C1=C(C)OC(N)=C(C#N)C1c1ccc(OCC(=O)Nc2ccc(OC)cc2)c(OCC)c1. The largest absolute Gasteiger partial charge is 0.497 e. The van der Waals surface area contributed by atoms with Crippen molar-refractivity contribution in [2.45, 2.75) is 26.7 Å². The molecule has 3 N–H and O–H groups in total. The highest BCUT2D eigenvalue weighted by Crippen LogP contribution is 2.42. The molecule has 1 amide bonds. The predicted molar refractivity (Wildman–Crippen MR) is 135 cm³/mol. The van der Waals surface area contributed by atoms with Crippen molar-refractivity contribution in [2.24, 2.45) is 5.73 Å². The molecule has 0 saturated heterocycles. The first-order chi connectivity index (χ1) is 17.8. The first-order valence-corrected chi connectivity index (χ1v) is 11.6. The summed E-state index contributed by atoms with van der Waals surface area (Å²) in [7, 11) is 1.56. The highest BCUT2D eigenvalue weighted by atomic mass is 16.5. The number of nitrogens with one attached hydrogen (secondary N) is 1. The van der Waals surface area contributed by atoms with Crippen LogP contribution in [0.5, 0.6) is 17.2 Å². The summed E-state index contributed by atoms with van der Waals surface area (Å²) in [6, 6.07) is 13.9. The molecule has 0 radical (unpaired) electrons. The van der Waals surface area contributed by atoms with Crippen LogP contribution in [0.25, 0.3) is 0 Å². The first-order valence-electron chi connectivity index (χ1n) is 11.6. The third-order valence-electron chi connectivity index (χ3n) is 5.43. The molecule has 0 saturated carbocycles. The molecule has 0 fully saturated rings. The van der Waals surface area contributed by atoms with Gasteiger partial charge in [-0.3, -0.25) is 4.79 Å². The van der Waals surface area contributed by atoms with Gasteiger partial charge in [0.1, 0.15) is 23.2 Å². The maximum Gasteiger partial charge on any atom is 0.338 e. The van der Waals surface area contributed by atoms with Gasteiger partial charge in [-0.25, -0.2) is 4.79 Å². The van der Waals surface area contributed by atoms with E-state index >= 15 is 0 Å². The van der Waals surface area contributed by atoms with Crippen molar-refractivity contribution in [3.63, 3.8) is 0 Å². The second-order valence-corrected chi connectivity index (χ2v) is 7.82. The van der Waals surface area contributed by atoms with E-state index in [9.17, 15) is 14.9 Å². The molecule has 37 heavy (non-hydrogen) atoms. The number of amides is 1. The second-order valence-electron chi connectivity index (χ2n) is 7.82. The number of rotatable bonds is 10. The smallest absolute Gasteiger partial charge is 0.338 e. The van der Waals surface area contributed by atoms with Gasteiger partial charge in [-0.1, -0.05) is 6.07 Å². The highest BCUT2D eigenvalue weighted by Gasteiger charge is 2.36. The van der Waals surface area contributed by atoms with Crippen LogP contribution < -0.4 is 25.3 Å². The number of carbonyl (C=O) groups excluding carboxylic acids is 2. The van der Waals surface area contributed by atoms with E-state index in [2.05, 4.69) is 5.32 Å². The topological polar surface area (TPSA) is 142 Å². The monoisotopic (exact) mass is 507 g/mol. The van der Waals surface area contributed by atoms with Crippen LogP contribution >= 0.6 is 0 Å². The Morgan fingerprint density at radius 3 is 2.43 bits per heavy atom. The number of esters is 1. The number of methoxy groups -OCH3 is 1. The summed E-state index contributed by atoms with van der Waals surface area (Å²) >= 11 is 0. The molecule has 0 spiro atoms. The van der Waals surface area contributed by atoms with Gasteiger partial charge in [0.05, 0.1) is 31.8 Å². The van der Waals surface area contributed by atoms with Crippen molar-refractivity contribution >= 4 is 17.6 Å². The van der Waals surface area contributed by atoms with E-state index < -0.39 is 11.9 Å². The fourth-order valence-corrected chi connectivity index (χ4v) is 3.79. The summed E-state index contributed by atoms with van der Waals surface area (Å²) in [5.74, 6) is -0.334. The maximum atomic E-state index is 12.8. The van der Waals surface area contributed by atoms with Gasteiger partial charge in [-0.2, -0.15) is 5.26 Å². The van der Waals surface area contributed by atoms with Crippen LogP contribution in [-0.4, -0.2) is 38.8 Å². The van der Waals surface area contributed by atoms with Gasteiger partial charge in [-0.05, 0) is 62.7 Å². The zero-order chi connectivity index (χ0) is 26.9. The molecule has 10 heteroatoms. The van der Waals surface area contributed by atoms with Gasteiger partial charge < -0.3 is 34.7 Å². The molecular weight excluding hydrogens is 478 g/mol. The molecule has 0 bridgehead atoms. The zero-order valence-electron chi connectivity index (χ0n) is 21.1. The Morgan fingerprint density at radius 1 is 1.08 bits per heavy atom. The second kappa shape index (κ2) is 12.4. The molecule has 10 nitrogen and oxygen atoms in total. The molecule has 2 aromatic rings. The van der Waals surface area contributed by atoms with Crippen molar-refractivity contribution in [1.29, 1.82) is 5.26 Å². The van der Waals surface area contributed by atoms with E-state index in [1.807, 2.05) is 6.07 Å². The standard InChI is InChI=1S/C27H29N3O7/c1-5-34-22-13-17(25-20(14-28)26(29)37-16(3)24(25)27(32)35-6-2)7-12-21(22)36-15-23(31)30-18-8-10-19(33-4)11-9-18/h7-13,25H,5-6,15,29H2,1-4H3,(H,30,31). The average molecular weight is 508 g/mol. The number of anilines is 1. The molecule has 194 valence electrons. The van der Waals surface area contributed by atoms with Gasteiger partial charge in [-0.15, -0.1) is 0 Å². The number of nitriles is 1. The lowest BCUT2D eigenvalue weighted by molar-refractivity contribution is -0.139. The number of carbonyl (C=O) groups is 2. The van der Waals surface area contributed by atoms with Crippen LogP contribution in [0.4, 0.5) is 5.69 Å². The number of ether oxygens (including phenoxy) is 5. The predicted octanol–water partition coefficient (Wildman–Crippen LogP) is 3.76. The van der Waals surface area contributed by atoms with Crippen molar-refractivity contribution < 1.29 is 33.3 Å². The summed E-state index contributed by atoms with van der Waals surface area (Å²) < 4.78 is 27.2. The maximum absolute atomic E-state index is 12.8. The van der Waals surface area contributed by atoms with Crippen molar-refractivity contribution in [1.82, 2.24) is 0 Å². The third kappa shape index (κ3) is 6.32. The summed E-state index contributed by atoms with van der Waals surface area (Å²) in [6.45, 7) is 5.27. The quantitative estimate of drug-likeness (QED) is 0.460. The summed E-state index contributed by atoms with van der Waals surface area (Å²) in [4.78, 5) is 25.2. The molecular formula is C27H29N3O7. The van der Waals surface area contributed by atoms with Crippen LogP contribution in [-0.2, 0) is 19.1 Å². The number of hydrogen-bond acceptors (Lipinski definition) is 9. The van der Waals surface area contributed by atoms with E-state index in [-0.39, 0.29) is 41.9 Å². The lowest BCUT2D eigenvalue weighted by Crippen LogP contribution is -2.25. The molecule has 0 aromatic heterocycles. The molecule has 0 aliphatic carbocycles. The van der Waals surface area contributed by atoms with Crippen LogP contribution in [0.2, 0.25) is 0 Å². The molecule has 1 aliphatic heterocycles. The Labute approximate surface area is 215 Å². The van der Waals surface area contributed by atoms with Crippen LogP contribution in [0.1, 0.15) is 32.3 Å². The Balaban J connectivity index is 1.86. The highest BCUT2D eigenvalue weighted by molar-refractivity contribution is 5.93.